The number of benzene rings is 3. The highest BCUT2D eigenvalue weighted by atomic mass is 35.5. The highest BCUT2D eigenvalue weighted by Gasteiger charge is 2.72. The third-order valence-electron chi connectivity index (χ3n) is 9.59. The Labute approximate surface area is 256 Å². The molecule has 6 nitrogen and oxygen atoms in total. The summed E-state index contributed by atoms with van der Waals surface area (Å²) >= 11 is 6.33. The van der Waals surface area contributed by atoms with E-state index in [4.69, 9.17) is 11.6 Å². The lowest BCUT2D eigenvalue weighted by Crippen LogP contribution is -2.60. The van der Waals surface area contributed by atoms with Crippen molar-refractivity contribution in [3.8, 4) is 0 Å². The first-order valence-corrected chi connectivity index (χ1v) is 15.4. The number of Topliss-reactive ketones (excluding diaryl/α,β-unsaturated/α-hetero) is 1. The van der Waals surface area contributed by atoms with Gasteiger partial charge in [0.15, 0.2) is 5.78 Å². The quantitative estimate of drug-likeness (QED) is 0.274. The van der Waals surface area contributed by atoms with Gasteiger partial charge in [-0.1, -0.05) is 75.9 Å². The van der Waals surface area contributed by atoms with Gasteiger partial charge in [0, 0.05) is 33.8 Å². The van der Waals surface area contributed by atoms with E-state index in [0.29, 0.717) is 29.8 Å². The summed E-state index contributed by atoms with van der Waals surface area (Å²) in [5.41, 5.74) is 1.21. The summed E-state index contributed by atoms with van der Waals surface area (Å²) in [5, 5.41) is 9.71. The number of carbonyl (C=O) groups excluding carboxylic acids is 3. The van der Waals surface area contributed by atoms with Crippen molar-refractivity contribution in [2.24, 2.45) is 5.41 Å². The average Bonchev–Trinajstić information content (AvgIpc) is 3.42. The van der Waals surface area contributed by atoms with Gasteiger partial charge in [0.25, 0.3) is 0 Å². The van der Waals surface area contributed by atoms with E-state index in [-0.39, 0.29) is 28.2 Å². The molecular formula is C35H37ClFN3O3. The molecule has 0 unspecified atom stereocenters. The number of anilines is 2. The molecule has 2 spiro atoms. The van der Waals surface area contributed by atoms with Crippen LogP contribution in [0.1, 0.15) is 85.8 Å². The lowest BCUT2D eigenvalue weighted by atomic mass is 9.55. The van der Waals surface area contributed by atoms with Crippen LogP contribution in [0.4, 0.5) is 15.8 Å². The van der Waals surface area contributed by atoms with E-state index in [1.165, 1.54) is 6.07 Å². The van der Waals surface area contributed by atoms with Crippen LogP contribution >= 0.6 is 11.6 Å². The first kappa shape index (κ1) is 29.5. The number of fused-ring (bicyclic) bond motifs is 3. The molecule has 2 heterocycles. The van der Waals surface area contributed by atoms with Gasteiger partial charge in [-0.3, -0.25) is 19.7 Å². The van der Waals surface area contributed by atoms with Gasteiger partial charge in [0.1, 0.15) is 11.2 Å². The van der Waals surface area contributed by atoms with Gasteiger partial charge < -0.3 is 10.6 Å². The molecule has 3 aromatic carbocycles. The van der Waals surface area contributed by atoms with E-state index >= 15 is 4.39 Å². The van der Waals surface area contributed by atoms with Crippen LogP contribution in [-0.4, -0.2) is 29.2 Å². The van der Waals surface area contributed by atoms with Crippen molar-refractivity contribution >= 4 is 40.6 Å². The third kappa shape index (κ3) is 4.59. The number of hydrogen-bond donors (Lipinski definition) is 3. The number of nitrogens with one attached hydrogen (secondary N) is 3. The van der Waals surface area contributed by atoms with Crippen LogP contribution in [-0.2, 0) is 15.0 Å². The summed E-state index contributed by atoms with van der Waals surface area (Å²) in [6.07, 6.45) is 4.12. The minimum absolute atomic E-state index is 0.00154. The van der Waals surface area contributed by atoms with Crippen molar-refractivity contribution in [2.45, 2.75) is 82.7 Å². The largest absolute Gasteiger partial charge is 0.325 e. The minimum atomic E-state index is -1.24. The molecule has 1 aliphatic carbocycles. The number of ketones is 1. The van der Waals surface area contributed by atoms with Gasteiger partial charge in [0.05, 0.1) is 11.1 Å². The van der Waals surface area contributed by atoms with Crippen LogP contribution in [0.3, 0.4) is 0 Å². The number of aryl methyl sites for hydroxylation is 1. The van der Waals surface area contributed by atoms with Gasteiger partial charge >= 0.3 is 0 Å². The summed E-state index contributed by atoms with van der Waals surface area (Å²) in [5.74, 6) is -2.11. The Morgan fingerprint density at radius 2 is 1.70 bits per heavy atom. The van der Waals surface area contributed by atoms with E-state index in [9.17, 15) is 14.4 Å². The predicted octanol–water partition coefficient (Wildman–Crippen LogP) is 7.30. The number of halogens is 2. The molecule has 8 heteroatoms. The predicted molar refractivity (Wildman–Crippen MR) is 167 cm³/mol. The summed E-state index contributed by atoms with van der Waals surface area (Å²) in [6, 6.07) is 16.5. The maximum absolute atomic E-state index is 16.0. The van der Waals surface area contributed by atoms with Crippen molar-refractivity contribution in [3.05, 3.63) is 93.8 Å². The maximum atomic E-state index is 16.0. The first-order valence-electron chi connectivity index (χ1n) is 15.0. The molecule has 0 aromatic heterocycles. The molecule has 224 valence electrons. The summed E-state index contributed by atoms with van der Waals surface area (Å²) in [6.45, 7) is 7.55. The zero-order valence-electron chi connectivity index (χ0n) is 24.9. The van der Waals surface area contributed by atoms with Gasteiger partial charge in [-0.15, -0.1) is 0 Å². The fourth-order valence-electron chi connectivity index (χ4n) is 7.72. The molecule has 6 rings (SSSR count). The Morgan fingerprint density at radius 3 is 2.37 bits per heavy atom. The smallest absolute Gasteiger partial charge is 0.242 e. The Kier molecular flexibility index (Phi) is 7.25. The van der Waals surface area contributed by atoms with Gasteiger partial charge in [0.2, 0.25) is 11.8 Å². The second-order valence-corrected chi connectivity index (χ2v) is 13.7. The van der Waals surface area contributed by atoms with Crippen LogP contribution in [0.2, 0.25) is 5.02 Å². The van der Waals surface area contributed by atoms with Crippen molar-refractivity contribution < 1.29 is 18.8 Å². The molecular weight excluding hydrogens is 565 g/mol. The van der Waals surface area contributed by atoms with Gasteiger partial charge in [-0.25, -0.2) is 4.39 Å². The second-order valence-electron chi connectivity index (χ2n) is 13.3. The zero-order valence-corrected chi connectivity index (χ0v) is 25.7. The van der Waals surface area contributed by atoms with E-state index in [1.807, 2.05) is 45.9 Å². The molecule has 1 saturated heterocycles. The number of carbonyl (C=O) groups is 3. The maximum Gasteiger partial charge on any atom is 0.242 e. The summed E-state index contributed by atoms with van der Waals surface area (Å²) < 4.78 is 16.0. The van der Waals surface area contributed by atoms with Crippen molar-refractivity contribution in [3.63, 3.8) is 0 Å². The van der Waals surface area contributed by atoms with Crippen LogP contribution < -0.4 is 16.0 Å². The van der Waals surface area contributed by atoms with Crippen LogP contribution in [0.5, 0.6) is 0 Å². The molecule has 0 radical (unpaired) electrons. The van der Waals surface area contributed by atoms with Crippen LogP contribution in [0.25, 0.3) is 0 Å². The monoisotopic (exact) mass is 601 g/mol. The van der Waals surface area contributed by atoms with Crippen molar-refractivity contribution in [2.75, 3.05) is 10.6 Å². The van der Waals surface area contributed by atoms with E-state index in [1.54, 1.807) is 36.4 Å². The Hall–Kier alpha value is -3.55. The topological polar surface area (TPSA) is 87.3 Å². The first-order chi connectivity index (χ1) is 20.4. The lowest BCUT2D eigenvalue weighted by Gasteiger charge is -2.47. The molecule has 3 N–H and O–H groups in total. The van der Waals surface area contributed by atoms with E-state index in [0.717, 1.165) is 30.4 Å². The Balaban J connectivity index is 1.49. The molecule has 3 aromatic rings. The third-order valence-corrected chi connectivity index (χ3v) is 9.89. The highest BCUT2D eigenvalue weighted by Crippen LogP contribution is 2.62. The normalized spacial score (nSPS) is 24.2. The van der Waals surface area contributed by atoms with E-state index < -0.39 is 34.1 Å². The van der Waals surface area contributed by atoms with Gasteiger partial charge in [-0.2, -0.15) is 0 Å². The lowest BCUT2D eigenvalue weighted by molar-refractivity contribution is -0.124. The van der Waals surface area contributed by atoms with E-state index in [2.05, 4.69) is 16.0 Å². The summed E-state index contributed by atoms with van der Waals surface area (Å²) in [7, 11) is 0. The van der Waals surface area contributed by atoms with Crippen LogP contribution in [0.15, 0.2) is 60.7 Å². The summed E-state index contributed by atoms with van der Waals surface area (Å²) in [4.78, 5) is 41.5. The standard InChI is InChI=1S/C35H37ClFN3O3/c1-20-11-16-24-26(19-20)39-32(43)35(24)27(23-9-8-10-25(36)28(23)37)29(40-34(35)17-6-5-7-18-34)31(42)38-22-14-12-21(13-15-22)30(41)33(2,3)4/h8-16,19,27,29,40H,5-7,17-18H2,1-4H3,(H,38,42)(H,39,43)/t27-,29+,35-/m0/s1. The molecule has 2 amide bonds. The fraction of sp³-hybridized carbons (Fsp3) is 0.400. The second kappa shape index (κ2) is 10.6. The molecule has 3 aliphatic rings. The molecule has 0 bridgehead atoms. The zero-order chi connectivity index (χ0) is 30.7. The molecule has 43 heavy (non-hydrogen) atoms. The molecule has 2 fully saturated rings. The Morgan fingerprint density at radius 1 is 1.00 bits per heavy atom. The number of hydrogen-bond acceptors (Lipinski definition) is 4. The fourth-order valence-corrected chi connectivity index (χ4v) is 7.90. The molecule has 3 atom stereocenters. The van der Waals surface area contributed by atoms with Gasteiger partial charge in [-0.05, 0) is 72.9 Å². The molecule has 2 aliphatic heterocycles. The van der Waals surface area contributed by atoms with Crippen LogP contribution in [0, 0.1) is 18.2 Å². The molecule has 1 saturated carbocycles. The highest BCUT2D eigenvalue weighted by molar-refractivity contribution is 6.30. The number of amides is 2. The Bertz CT molecular complexity index is 1620. The average molecular weight is 602 g/mol. The SMILES string of the molecule is Cc1ccc2c(c1)NC(=O)[C@@]21[C@@H](c2cccc(Cl)c2F)[C@H](C(=O)Nc2ccc(C(=O)C(C)(C)C)cc2)NC12CCCCC2. The minimum Gasteiger partial charge on any atom is -0.325 e. The van der Waals surface area contributed by atoms with Crippen molar-refractivity contribution in [1.82, 2.24) is 5.32 Å². The number of rotatable bonds is 4. The van der Waals surface area contributed by atoms with Crippen molar-refractivity contribution in [1.29, 1.82) is 0 Å².